The molecule has 1 N–H and O–H groups in total. The van der Waals surface area contributed by atoms with Gasteiger partial charge in [0.2, 0.25) is 0 Å². The third-order valence-corrected chi connectivity index (χ3v) is 2.99. The molecule has 0 fully saturated rings. The monoisotopic (exact) mass is 225 g/mol. The van der Waals surface area contributed by atoms with E-state index in [1.54, 1.807) is 0 Å². The maximum absolute atomic E-state index is 4.44. The molecule has 1 aliphatic heterocycles. The molecule has 3 heteroatoms. The third-order valence-electron chi connectivity index (χ3n) is 2.99. The Morgan fingerprint density at radius 2 is 2.06 bits per heavy atom. The summed E-state index contributed by atoms with van der Waals surface area (Å²) in [6.45, 7) is 3.98. The molecule has 0 spiro atoms. The number of fused-ring (bicyclic) bond motifs is 1. The van der Waals surface area contributed by atoms with Crippen molar-refractivity contribution in [2.45, 2.75) is 6.92 Å². The summed E-state index contributed by atoms with van der Waals surface area (Å²) in [7, 11) is 0. The second kappa shape index (κ2) is 4.09. The first-order chi connectivity index (χ1) is 8.34. The van der Waals surface area contributed by atoms with Gasteiger partial charge in [-0.3, -0.25) is 0 Å². The first-order valence-corrected chi connectivity index (χ1v) is 5.88. The minimum absolute atomic E-state index is 0.929. The van der Waals surface area contributed by atoms with Gasteiger partial charge in [0, 0.05) is 25.0 Å². The predicted octanol–water partition coefficient (Wildman–Crippen LogP) is 2.95. The fourth-order valence-electron chi connectivity index (χ4n) is 2.18. The fraction of sp³-hybridized carbons (Fsp3) is 0.214. The summed E-state index contributed by atoms with van der Waals surface area (Å²) < 4.78 is 0. The lowest BCUT2D eigenvalue weighted by atomic mass is 10.2. The van der Waals surface area contributed by atoms with Crippen LogP contribution in [-0.4, -0.2) is 18.1 Å². The van der Waals surface area contributed by atoms with Crippen LogP contribution in [0.25, 0.3) is 0 Å². The van der Waals surface area contributed by atoms with Crippen LogP contribution in [-0.2, 0) is 0 Å². The molecule has 0 saturated heterocycles. The molecule has 2 heterocycles. The number of anilines is 3. The van der Waals surface area contributed by atoms with Crippen molar-refractivity contribution in [1.29, 1.82) is 0 Å². The van der Waals surface area contributed by atoms with E-state index in [0.29, 0.717) is 0 Å². The number of hydrogen-bond donors (Lipinski definition) is 1. The molecule has 1 aromatic carbocycles. The second-order valence-electron chi connectivity index (χ2n) is 4.29. The lowest BCUT2D eigenvalue weighted by Gasteiger charge is -2.31. The molecule has 2 aromatic rings. The van der Waals surface area contributed by atoms with Crippen LogP contribution in [0.4, 0.5) is 17.2 Å². The molecule has 17 heavy (non-hydrogen) atoms. The number of para-hydroxylation sites is 1. The summed E-state index contributed by atoms with van der Waals surface area (Å²) in [6.07, 6.45) is 1.90. The molecular formula is C14H15N3. The number of aryl methyl sites for hydroxylation is 1. The Morgan fingerprint density at radius 1 is 1.24 bits per heavy atom. The Balaban J connectivity index is 2.08. The van der Waals surface area contributed by atoms with Crippen molar-refractivity contribution in [1.82, 2.24) is 4.98 Å². The molecule has 0 amide bonds. The highest BCUT2D eigenvalue weighted by Crippen LogP contribution is 2.33. The molecule has 3 nitrogen and oxygen atoms in total. The molecule has 1 aliphatic rings. The number of nitrogens with zero attached hydrogens (tertiary/aromatic N) is 2. The first-order valence-electron chi connectivity index (χ1n) is 5.88. The number of pyridine rings is 1. The van der Waals surface area contributed by atoms with Gasteiger partial charge in [0.15, 0.2) is 0 Å². The van der Waals surface area contributed by atoms with Gasteiger partial charge in [0.05, 0.1) is 5.69 Å². The molecule has 0 atom stereocenters. The Hall–Kier alpha value is -2.03. The second-order valence-corrected chi connectivity index (χ2v) is 4.29. The zero-order chi connectivity index (χ0) is 11.7. The molecule has 0 saturated carbocycles. The number of rotatable bonds is 1. The quantitative estimate of drug-likeness (QED) is 0.808. The van der Waals surface area contributed by atoms with Crippen molar-refractivity contribution < 1.29 is 0 Å². The highest BCUT2D eigenvalue weighted by Gasteiger charge is 2.18. The first kappa shape index (κ1) is 10.1. The largest absolute Gasteiger partial charge is 0.367 e. The summed E-state index contributed by atoms with van der Waals surface area (Å²) in [5.74, 6) is 0.978. The van der Waals surface area contributed by atoms with Gasteiger partial charge in [-0.2, -0.15) is 0 Å². The Bertz CT molecular complexity index is 522. The normalized spacial score (nSPS) is 14.1. The van der Waals surface area contributed by atoms with E-state index in [-0.39, 0.29) is 0 Å². The molecular weight excluding hydrogens is 210 g/mol. The fourth-order valence-corrected chi connectivity index (χ4v) is 2.18. The van der Waals surface area contributed by atoms with E-state index in [4.69, 9.17) is 0 Å². The summed E-state index contributed by atoms with van der Waals surface area (Å²) in [6, 6.07) is 12.6. The SMILES string of the molecule is Cc1cnc2c(c1)N(c1ccccc1)CCN2. The average Bonchev–Trinajstić information content (AvgIpc) is 2.39. The molecule has 0 radical (unpaired) electrons. The number of aromatic nitrogens is 1. The van der Waals surface area contributed by atoms with Crippen LogP contribution >= 0.6 is 0 Å². The summed E-state index contributed by atoms with van der Waals surface area (Å²) in [5, 5.41) is 3.34. The molecule has 0 unspecified atom stereocenters. The average molecular weight is 225 g/mol. The molecule has 0 bridgehead atoms. The van der Waals surface area contributed by atoms with Gasteiger partial charge in [-0.05, 0) is 30.7 Å². The minimum Gasteiger partial charge on any atom is -0.367 e. The maximum atomic E-state index is 4.44. The number of hydrogen-bond acceptors (Lipinski definition) is 3. The topological polar surface area (TPSA) is 28.2 Å². The van der Waals surface area contributed by atoms with Crippen LogP contribution in [0.1, 0.15) is 5.56 Å². The van der Waals surface area contributed by atoms with Crippen molar-refractivity contribution in [2.75, 3.05) is 23.3 Å². The Labute approximate surface area is 101 Å². The number of benzene rings is 1. The van der Waals surface area contributed by atoms with E-state index < -0.39 is 0 Å². The standard InChI is InChI=1S/C14H15N3/c1-11-9-13-14(16-10-11)15-7-8-17(13)12-5-3-2-4-6-12/h2-6,9-10H,7-8H2,1H3,(H,15,16). The van der Waals surface area contributed by atoms with Crippen LogP contribution in [0, 0.1) is 6.92 Å². The van der Waals surface area contributed by atoms with Gasteiger partial charge in [0.25, 0.3) is 0 Å². The van der Waals surface area contributed by atoms with E-state index in [1.807, 2.05) is 12.3 Å². The van der Waals surface area contributed by atoms with Gasteiger partial charge < -0.3 is 10.2 Å². The lowest BCUT2D eigenvalue weighted by Crippen LogP contribution is -2.30. The van der Waals surface area contributed by atoms with Crippen molar-refractivity contribution in [3.8, 4) is 0 Å². The van der Waals surface area contributed by atoms with Crippen LogP contribution in [0.5, 0.6) is 0 Å². The van der Waals surface area contributed by atoms with Crippen molar-refractivity contribution in [2.24, 2.45) is 0 Å². The zero-order valence-corrected chi connectivity index (χ0v) is 9.85. The molecule has 1 aromatic heterocycles. The molecule has 3 rings (SSSR count). The van der Waals surface area contributed by atoms with E-state index in [1.165, 1.54) is 16.9 Å². The third kappa shape index (κ3) is 1.84. The highest BCUT2D eigenvalue weighted by molar-refractivity contribution is 5.76. The van der Waals surface area contributed by atoms with Crippen LogP contribution < -0.4 is 10.2 Å². The van der Waals surface area contributed by atoms with Crippen LogP contribution in [0.2, 0.25) is 0 Å². The zero-order valence-electron chi connectivity index (χ0n) is 9.85. The van der Waals surface area contributed by atoms with Crippen LogP contribution in [0.15, 0.2) is 42.6 Å². The van der Waals surface area contributed by atoms with E-state index in [9.17, 15) is 0 Å². The summed E-state index contributed by atoms with van der Waals surface area (Å²) >= 11 is 0. The molecule has 0 aliphatic carbocycles. The lowest BCUT2D eigenvalue weighted by molar-refractivity contribution is 0.909. The summed E-state index contributed by atoms with van der Waals surface area (Å²) in [5.41, 5.74) is 3.58. The van der Waals surface area contributed by atoms with Gasteiger partial charge in [0.1, 0.15) is 5.82 Å². The number of nitrogens with one attached hydrogen (secondary N) is 1. The Kier molecular flexibility index (Phi) is 2.44. The van der Waals surface area contributed by atoms with Crippen molar-refractivity contribution in [3.05, 3.63) is 48.2 Å². The Morgan fingerprint density at radius 3 is 2.88 bits per heavy atom. The van der Waals surface area contributed by atoms with Crippen LogP contribution in [0.3, 0.4) is 0 Å². The van der Waals surface area contributed by atoms with E-state index >= 15 is 0 Å². The van der Waals surface area contributed by atoms with Crippen molar-refractivity contribution >= 4 is 17.2 Å². The summed E-state index contributed by atoms with van der Waals surface area (Å²) in [4.78, 5) is 6.75. The predicted molar refractivity (Wildman–Crippen MR) is 70.9 cm³/mol. The van der Waals surface area contributed by atoms with E-state index in [0.717, 1.165) is 18.9 Å². The van der Waals surface area contributed by atoms with Crippen molar-refractivity contribution in [3.63, 3.8) is 0 Å². The smallest absolute Gasteiger partial charge is 0.150 e. The van der Waals surface area contributed by atoms with Gasteiger partial charge in [-0.25, -0.2) is 4.98 Å². The molecule has 86 valence electrons. The van der Waals surface area contributed by atoms with Gasteiger partial charge in [-0.1, -0.05) is 18.2 Å². The highest BCUT2D eigenvalue weighted by atomic mass is 15.2. The maximum Gasteiger partial charge on any atom is 0.150 e. The van der Waals surface area contributed by atoms with Gasteiger partial charge >= 0.3 is 0 Å². The minimum atomic E-state index is 0.929. The van der Waals surface area contributed by atoms with Gasteiger partial charge in [-0.15, -0.1) is 0 Å². The van der Waals surface area contributed by atoms with E-state index in [2.05, 4.69) is 52.5 Å².